The summed E-state index contributed by atoms with van der Waals surface area (Å²) < 4.78 is 79.8. The van der Waals surface area contributed by atoms with E-state index in [-0.39, 0.29) is 36.4 Å². The molecule has 15 heteroatoms. The van der Waals surface area contributed by atoms with Gasteiger partial charge in [-0.2, -0.15) is 4.31 Å². The molecule has 2 aromatic carbocycles. The first-order valence-corrected chi connectivity index (χ1v) is 18.1. The standard InChI is InChI=1S/C33H41N3O10S2/c1-20(2)14-36(48(39,40)25-8-9-29-30(13-25)45-19-44-29)15-28(37)27(35-33(38)46-31-17-43-32-26(31)10-11-41-32)12-22-4-6-24(7-5-22)42-16-23-18-47-21(3)34-23/h4-9,13,18,20,26-28,31-32,37H,10-12,14-17,19H2,1-3H3,(H,35,38)/t26-,27-,28+,31-,32+/m0/s1/i14D2. The number of rotatable bonds is 14. The predicted molar refractivity (Wildman–Crippen MR) is 174 cm³/mol. The lowest BCUT2D eigenvalue weighted by Gasteiger charge is -2.31. The van der Waals surface area contributed by atoms with Crippen LogP contribution in [0.2, 0.25) is 0 Å². The van der Waals surface area contributed by atoms with E-state index in [4.69, 9.17) is 31.2 Å². The van der Waals surface area contributed by atoms with Crippen molar-refractivity contribution in [3.63, 3.8) is 0 Å². The quantitative estimate of drug-likeness (QED) is 0.251. The molecule has 0 bridgehead atoms. The number of carbonyl (C=O) groups excluding carboxylic acids is 1. The second kappa shape index (κ2) is 15.0. The summed E-state index contributed by atoms with van der Waals surface area (Å²) >= 11 is 1.53. The van der Waals surface area contributed by atoms with Crippen LogP contribution in [0.4, 0.5) is 4.79 Å². The molecular formula is C33H41N3O10S2. The SMILES string of the molecule is [2H]C([2H])(C(C)C)N(C[C@@H](O)[C@H](Cc1ccc(OCc2csc(C)n2)cc1)NC(=O)O[C@H]1CO[C@H]2OCC[C@H]21)S(=O)(=O)c1ccc2c(c1)OCO2. The van der Waals surface area contributed by atoms with Crippen LogP contribution in [0.5, 0.6) is 17.2 Å². The number of aryl methyl sites for hydroxylation is 1. The molecule has 1 amide bonds. The van der Waals surface area contributed by atoms with Crippen LogP contribution in [-0.2, 0) is 37.3 Å². The molecule has 1 aromatic heterocycles. The Bertz CT molecular complexity index is 1760. The van der Waals surface area contributed by atoms with Crippen LogP contribution in [0.1, 0.15) is 39.3 Å². The van der Waals surface area contributed by atoms with Crippen molar-refractivity contribution in [1.29, 1.82) is 0 Å². The highest BCUT2D eigenvalue weighted by Crippen LogP contribution is 2.35. The maximum atomic E-state index is 14.1. The van der Waals surface area contributed by atoms with Crippen molar-refractivity contribution in [2.45, 2.75) is 69.7 Å². The van der Waals surface area contributed by atoms with Crippen molar-refractivity contribution in [2.24, 2.45) is 11.8 Å². The van der Waals surface area contributed by atoms with Crippen LogP contribution in [-0.4, -0.2) is 86.5 Å². The Morgan fingerprint density at radius 2 is 1.98 bits per heavy atom. The highest BCUT2D eigenvalue weighted by atomic mass is 32.2. The van der Waals surface area contributed by atoms with E-state index >= 15 is 0 Å². The number of ether oxygens (including phenoxy) is 6. The first kappa shape index (κ1) is 31.8. The fourth-order valence-corrected chi connectivity index (χ4v) is 7.78. The van der Waals surface area contributed by atoms with Crippen molar-refractivity contribution >= 4 is 27.5 Å². The lowest BCUT2D eigenvalue weighted by atomic mass is 10.0. The summed E-state index contributed by atoms with van der Waals surface area (Å²) in [7, 11) is -4.55. The Balaban J connectivity index is 1.22. The van der Waals surface area contributed by atoms with Gasteiger partial charge < -0.3 is 38.8 Å². The van der Waals surface area contributed by atoms with Crippen molar-refractivity contribution in [1.82, 2.24) is 14.6 Å². The Morgan fingerprint density at radius 1 is 1.19 bits per heavy atom. The number of sulfonamides is 1. The van der Waals surface area contributed by atoms with Crippen molar-refractivity contribution < 1.29 is 49.5 Å². The lowest BCUT2D eigenvalue weighted by molar-refractivity contribution is -0.0907. The van der Waals surface area contributed by atoms with Gasteiger partial charge in [0, 0.05) is 27.2 Å². The molecule has 2 N–H and O–H groups in total. The molecule has 48 heavy (non-hydrogen) atoms. The van der Waals surface area contributed by atoms with Gasteiger partial charge >= 0.3 is 6.09 Å². The molecule has 0 saturated carbocycles. The fraction of sp³-hybridized carbons (Fsp3) is 0.515. The molecule has 2 saturated heterocycles. The molecule has 0 unspecified atom stereocenters. The van der Waals surface area contributed by atoms with Crippen LogP contribution >= 0.6 is 11.3 Å². The zero-order valence-electron chi connectivity index (χ0n) is 28.9. The number of aromatic nitrogens is 1. The third-order valence-corrected chi connectivity index (χ3v) is 10.6. The Labute approximate surface area is 286 Å². The van der Waals surface area contributed by atoms with E-state index in [0.29, 0.717) is 41.0 Å². The number of nitrogens with one attached hydrogen (secondary N) is 1. The molecule has 260 valence electrons. The topological polar surface area (TPSA) is 155 Å². The summed E-state index contributed by atoms with van der Waals surface area (Å²) in [6.45, 7) is 2.76. The molecule has 0 aliphatic carbocycles. The summed E-state index contributed by atoms with van der Waals surface area (Å²) in [4.78, 5) is 17.5. The number of alkyl carbamates (subject to hydrolysis) is 1. The second-order valence-corrected chi connectivity index (χ2v) is 15.0. The van der Waals surface area contributed by atoms with E-state index < -0.39 is 59.6 Å². The number of benzene rings is 2. The molecule has 3 aliphatic heterocycles. The maximum Gasteiger partial charge on any atom is 0.407 e. The Kier molecular flexibility index (Phi) is 9.91. The van der Waals surface area contributed by atoms with Crippen LogP contribution in [0.15, 0.2) is 52.7 Å². The van der Waals surface area contributed by atoms with Gasteiger partial charge in [0.25, 0.3) is 0 Å². The molecule has 6 rings (SSSR count). The molecule has 0 radical (unpaired) electrons. The number of amides is 1. The average molecular weight is 706 g/mol. The van der Waals surface area contributed by atoms with Gasteiger partial charge in [0.05, 0.1) is 46.9 Å². The number of hydrogen-bond acceptors (Lipinski definition) is 12. The summed E-state index contributed by atoms with van der Waals surface area (Å²) in [5, 5.41) is 17.3. The van der Waals surface area contributed by atoms with E-state index in [9.17, 15) is 18.3 Å². The zero-order valence-corrected chi connectivity index (χ0v) is 28.5. The van der Waals surface area contributed by atoms with Crippen molar-refractivity contribution in [3.05, 3.63) is 64.1 Å². The van der Waals surface area contributed by atoms with Crippen LogP contribution in [0, 0.1) is 18.8 Å². The van der Waals surface area contributed by atoms with Gasteiger partial charge in [-0.05, 0) is 55.5 Å². The second-order valence-electron chi connectivity index (χ2n) is 12.1. The van der Waals surface area contributed by atoms with Crippen LogP contribution in [0.3, 0.4) is 0 Å². The molecule has 2 fully saturated rings. The number of hydrogen-bond donors (Lipinski definition) is 2. The zero-order chi connectivity index (χ0) is 35.6. The first-order valence-electron chi connectivity index (χ1n) is 16.7. The molecule has 5 atom stereocenters. The van der Waals surface area contributed by atoms with Gasteiger partial charge in [-0.3, -0.25) is 0 Å². The molecular weight excluding hydrogens is 663 g/mol. The number of fused-ring (bicyclic) bond motifs is 2. The molecule has 3 aromatic rings. The lowest BCUT2D eigenvalue weighted by Crippen LogP contribution is -2.51. The minimum absolute atomic E-state index is 0.0563. The summed E-state index contributed by atoms with van der Waals surface area (Å²) in [5.41, 5.74) is 1.50. The smallest absolute Gasteiger partial charge is 0.407 e. The summed E-state index contributed by atoms with van der Waals surface area (Å²) in [5.74, 6) is 0.233. The average Bonchev–Trinajstić information content (AvgIpc) is 3.89. The summed E-state index contributed by atoms with van der Waals surface area (Å²) in [6, 6.07) is 9.95. The largest absolute Gasteiger partial charge is 0.487 e. The van der Waals surface area contributed by atoms with E-state index in [1.54, 1.807) is 38.1 Å². The van der Waals surface area contributed by atoms with Crippen LogP contribution in [0.25, 0.3) is 0 Å². The Hall–Kier alpha value is -3.47. The van der Waals surface area contributed by atoms with Gasteiger partial charge in [0.1, 0.15) is 18.5 Å². The van der Waals surface area contributed by atoms with Gasteiger partial charge in [-0.15, -0.1) is 11.3 Å². The molecule has 0 spiro atoms. The molecule has 3 aliphatic rings. The first-order chi connectivity index (χ1) is 23.8. The van der Waals surface area contributed by atoms with Gasteiger partial charge in [-0.25, -0.2) is 18.2 Å². The number of aliphatic hydroxyl groups excluding tert-OH is 1. The minimum atomic E-state index is -4.55. The highest BCUT2D eigenvalue weighted by Gasteiger charge is 2.44. The number of aliphatic hydroxyl groups is 1. The molecule has 4 heterocycles. The van der Waals surface area contributed by atoms with Crippen LogP contribution < -0.4 is 19.5 Å². The van der Waals surface area contributed by atoms with Gasteiger partial charge in [-0.1, -0.05) is 26.0 Å². The third-order valence-electron chi connectivity index (χ3n) is 8.13. The van der Waals surface area contributed by atoms with Crippen molar-refractivity contribution in [3.8, 4) is 17.2 Å². The summed E-state index contributed by atoms with van der Waals surface area (Å²) in [6.07, 6.45) is -2.68. The minimum Gasteiger partial charge on any atom is -0.487 e. The Morgan fingerprint density at radius 3 is 2.73 bits per heavy atom. The maximum absolute atomic E-state index is 14.1. The number of nitrogens with zero attached hydrogens (tertiary/aromatic N) is 2. The monoisotopic (exact) mass is 705 g/mol. The number of carbonyl (C=O) groups is 1. The van der Waals surface area contributed by atoms with E-state index in [1.807, 2.05) is 12.3 Å². The van der Waals surface area contributed by atoms with E-state index in [2.05, 4.69) is 10.3 Å². The van der Waals surface area contributed by atoms with E-state index in [1.165, 1.54) is 29.5 Å². The van der Waals surface area contributed by atoms with Crippen molar-refractivity contribution in [2.75, 3.05) is 33.0 Å². The fourth-order valence-electron chi connectivity index (χ4n) is 5.73. The number of thiazole rings is 1. The van der Waals surface area contributed by atoms with E-state index in [0.717, 1.165) is 10.7 Å². The molecule has 13 nitrogen and oxygen atoms in total. The van der Waals surface area contributed by atoms with Gasteiger partial charge in [0.2, 0.25) is 16.8 Å². The third kappa shape index (κ3) is 8.21. The normalized spacial score (nSPS) is 22.2. The van der Waals surface area contributed by atoms with Gasteiger partial charge in [0.15, 0.2) is 17.8 Å². The highest BCUT2D eigenvalue weighted by molar-refractivity contribution is 7.89. The predicted octanol–water partition coefficient (Wildman–Crippen LogP) is 3.87.